The summed E-state index contributed by atoms with van der Waals surface area (Å²) in [7, 11) is 0. The van der Waals surface area contributed by atoms with Gasteiger partial charge in [-0.3, -0.25) is 4.90 Å². The van der Waals surface area contributed by atoms with E-state index in [9.17, 15) is 5.11 Å². The molecule has 1 rings (SSSR count). The molecule has 0 aromatic rings. The molecule has 114 valence electrons. The fourth-order valence-corrected chi connectivity index (χ4v) is 2.47. The van der Waals surface area contributed by atoms with Crippen molar-refractivity contribution in [3.63, 3.8) is 0 Å². The number of β-amino-alcohol motifs (C(OH)–C–C–N with tert-alkyl or cyclic N) is 1. The Morgan fingerprint density at radius 1 is 1.00 bits per heavy atom. The first-order chi connectivity index (χ1) is 8.58. The molecule has 0 radical (unpaired) electrons. The molecule has 0 amide bonds. The maximum atomic E-state index is 9.83. The van der Waals surface area contributed by atoms with Crippen molar-refractivity contribution in [1.82, 2.24) is 9.80 Å². The van der Waals surface area contributed by atoms with Gasteiger partial charge in [0.2, 0.25) is 0 Å². The molecular formula is C15H33N3O. The highest BCUT2D eigenvalue weighted by atomic mass is 16.3. The number of rotatable bonds is 5. The zero-order valence-corrected chi connectivity index (χ0v) is 13.4. The molecule has 1 fully saturated rings. The third-order valence-corrected chi connectivity index (χ3v) is 3.94. The fraction of sp³-hybridized carbons (Fsp3) is 1.00. The van der Waals surface area contributed by atoms with Crippen LogP contribution in [-0.2, 0) is 0 Å². The van der Waals surface area contributed by atoms with Crippen LogP contribution in [0.5, 0.6) is 0 Å². The lowest BCUT2D eigenvalue weighted by atomic mass is 9.85. The van der Waals surface area contributed by atoms with Crippen LogP contribution in [0.2, 0.25) is 0 Å². The smallest absolute Gasteiger partial charge is 0.0718 e. The average molecular weight is 271 g/mol. The van der Waals surface area contributed by atoms with Gasteiger partial charge in [0.25, 0.3) is 0 Å². The number of nitrogens with zero attached hydrogens (tertiary/aromatic N) is 2. The Morgan fingerprint density at radius 3 is 1.89 bits per heavy atom. The fourth-order valence-electron chi connectivity index (χ4n) is 2.47. The Morgan fingerprint density at radius 2 is 1.47 bits per heavy atom. The molecule has 3 N–H and O–H groups in total. The van der Waals surface area contributed by atoms with E-state index in [1.165, 1.54) is 0 Å². The van der Waals surface area contributed by atoms with Crippen molar-refractivity contribution in [2.75, 3.05) is 39.3 Å². The molecule has 1 aliphatic heterocycles. The monoisotopic (exact) mass is 271 g/mol. The van der Waals surface area contributed by atoms with E-state index in [1.807, 2.05) is 13.8 Å². The largest absolute Gasteiger partial charge is 0.389 e. The van der Waals surface area contributed by atoms with Crippen LogP contribution in [0.4, 0.5) is 0 Å². The van der Waals surface area contributed by atoms with Gasteiger partial charge in [-0.05, 0) is 32.2 Å². The van der Waals surface area contributed by atoms with Gasteiger partial charge in [0.05, 0.1) is 5.60 Å². The van der Waals surface area contributed by atoms with Crippen LogP contribution in [-0.4, -0.2) is 65.8 Å². The quantitative estimate of drug-likeness (QED) is 0.787. The summed E-state index contributed by atoms with van der Waals surface area (Å²) in [4.78, 5) is 4.84. The van der Waals surface area contributed by atoms with E-state index in [-0.39, 0.29) is 11.5 Å². The normalized spacial score (nSPS) is 21.6. The molecule has 0 spiro atoms. The van der Waals surface area contributed by atoms with E-state index in [0.29, 0.717) is 0 Å². The van der Waals surface area contributed by atoms with Crippen molar-refractivity contribution in [3.05, 3.63) is 0 Å². The van der Waals surface area contributed by atoms with Crippen LogP contribution in [0.1, 0.15) is 41.0 Å². The predicted molar refractivity (Wildman–Crippen MR) is 81.2 cm³/mol. The number of hydrogen-bond acceptors (Lipinski definition) is 4. The van der Waals surface area contributed by atoms with Crippen molar-refractivity contribution in [1.29, 1.82) is 0 Å². The van der Waals surface area contributed by atoms with Crippen molar-refractivity contribution >= 4 is 0 Å². The summed E-state index contributed by atoms with van der Waals surface area (Å²) in [6.07, 6.45) is 1.06. The molecular weight excluding hydrogens is 238 g/mol. The highest BCUT2D eigenvalue weighted by molar-refractivity contribution is 4.81. The van der Waals surface area contributed by atoms with E-state index < -0.39 is 5.60 Å². The van der Waals surface area contributed by atoms with E-state index >= 15 is 0 Å². The number of piperazine rings is 1. The minimum absolute atomic E-state index is 0.197. The lowest BCUT2D eigenvalue weighted by Crippen LogP contribution is -2.51. The molecule has 0 bridgehead atoms. The van der Waals surface area contributed by atoms with Gasteiger partial charge in [0.15, 0.2) is 0 Å². The van der Waals surface area contributed by atoms with Crippen LogP contribution in [0, 0.1) is 5.41 Å². The van der Waals surface area contributed by atoms with E-state index in [1.54, 1.807) is 0 Å². The van der Waals surface area contributed by atoms with Gasteiger partial charge in [0.1, 0.15) is 0 Å². The van der Waals surface area contributed by atoms with Crippen LogP contribution in [0.15, 0.2) is 0 Å². The third-order valence-electron chi connectivity index (χ3n) is 3.94. The summed E-state index contributed by atoms with van der Waals surface area (Å²) >= 11 is 0. The Kier molecular flexibility index (Phi) is 5.80. The summed E-state index contributed by atoms with van der Waals surface area (Å²) in [5.41, 5.74) is 5.82. The summed E-state index contributed by atoms with van der Waals surface area (Å²) in [5.74, 6) is 0. The zero-order valence-electron chi connectivity index (χ0n) is 13.4. The summed E-state index contributed by atoms with van der Waals surface area (Å²) in [6.45, 7) is 16.5. The van der Waals surface area contributed by atoms with Crippen molar-refractivity contribution in [3.8, 4) is 0 Å². The van der Waals surface area contributed by atoms with E-state index in [4.69, 9.17) is 5.73 Å². The Balaban J connectivity index is 2.24. The van der Waals surface area contributed by atoms with Crippen LogP contribution in [0.3, 0.4) is 0 Å². The van der Waals surface area contributed by atoms with Gasteiger partial charge in [-0.25, -0.2) is 0 Å². The maximum Gasteiger partial charge on any atom is 0.0718 e. The molecule has 0 saturated carbocycles. The predicted octanol–water partition coefficient (Wildman–Crippen LogP) is 1.14. The number of nitrogens with two attached hydrogens (primary N) is 1. The molecule has 1 atom stereocenters. The van der Waals surface area contributed by atoms with Crippen molar-refractivity contribution in [2.24, 2.45) is 11.1 Å². The standard InChI is InChI=1S/C15H33N3O/c1-14(2,3)13(16)6-7-17-8-10-18(11-9-17)12-15(4,5)19/h13,19H,6-12,16H2,1-5H3. The molecule has 4 nitrogen and oxygen atoms in total. The first-order valence-corrected chi connectivity index (χ1v) is 7.50. The Labute approximate surface area is 118 Å². The second-order valence-corrected chi connectivity index (χ2v) is 7.69. The molecule has 19 heavy (non-hydrogen) atoms. The van der Waals surface area contributed by atoms with Gasteiger partial charge < -0.3 is 15.7 Å². The highest BCUT2D eigenvalue weighted by Crippen LogP contribution is 2.20. The first-order valence-electron chi connectivity index (χ1n) is 7.50. The van der Waals surface area contributed by atoms with E-state index in [2.05, 4.69) is 30.6 Å². The second kappa shape index (κ2) is 6.53. The van der Waals surface area contributed by atoms with Crippen molar-refractivity contribution in [2.45, 2.75) is 52.7 Å². The minimum Gasteiger partial charge on any atom is -0.389 e. The van der Waals surface area contributed by atoms with Gasteiger partial charge >= 0.3 is 0 Å². The maximum absolute atomic E-state index is 9.83. The van der Waals surface area contributed by atoms with E-state index in [0.717, 1.165) is 45.7 Å². The Hall–Kier alpha value is -0.160. The van der Waals surface area contributed by atoms with Gasteiger partial charge in [-0.2, -0.15) is 0 Å². The molecule has 0 aromatic carbocycles. The topological polar surface area (TPSA) is 52.7 Å². The number of aliphatic hydroxyl groups is 1. The second-order valence-electron chi connectivity index (χ2n) is 7.69. The SMILES string of the molecule is CC(C)(O)CN1CCN(CCC(N)C(C)(C)C)CC1. The lowest BCUT2D eigenvalue weighted by Gasteiger charge is -2.38. The zero-order chi connectivity index (χ0) is 14.7. The molecule has 1 saturated heterocycles. The van der Waals surface area contributed by atoms with Crippen LogP contribution < -0.4 is 5.73 Å². The molecule has 0 aliphatic carbocycles. The van der Waals surface area contributed by atoms with Gasteiger partial charge in [0, 0.05) is 38.8 Å². The summed E-state index contributed by atoms with van der Waals surface area (Å²) in [6, 6.07) is 0.266. The summed E-state index contributed by atoms with van der Waals surface area (Å²) < 4.78 is 0. The molecule has 1 unspecified atom stereocenters. The third kappa shape index (κ3) is 6.70. The van der Waals surface area contributed by atoms with Crippen LogP contribution in [0.25, 0.3) is 0 Å². The Bertz CT molecular complexity index is 260. The van der Waals surface area contributed by atoms with Gasteiger partial charge in [-0.15, -0.1) is 0 Å². The first kappa shape index (κ1) is 16.9. The summed E-state index contributed by atoms with van der Waals surface area (Å²) in [5, 5.41) is 9.83. The molecule has 4 heteroatoms. The molecule has 0 aromatic heterocycles. The van der Waals surface area contributed by atoms with Gasteiger partial charge in [-0.1, -0.05) is 20.8 Å². The minimum atomic E-state index is -0.587. The number of hydrogen-bond donors (Lipinski definition) is 2. The highest BCUT2D eigenvalue weighted by Gasteiger charge is 2.24. The van der Waals surface area contributed by atoms with Crippen LogP contribution >= 0.6 is 0 Å². The molecule has 1 aliphatic rings. The molecule has 1 heterocycles. The van der Waals surface area contributed by atoms with Crippen molar-refractivity contribution < 1.29 is 5.11 Å². The lowest BCUT2D eigenvalue weighted by molar-refractivity contribution is 0.0170. The average Bonchev–Trinajstić information content (AvgIpc) is 2.24.